The van der Waals surface area contributed by atoms with E-state index >= 15 is 0 Å². The molecule has 0 spiro atoms. The lowest BCUT2D eigenvalue weighted by molar-refractivity contribution is 0.817. The standard InChI is InChI=1S/C8H9Br2N.ClH/c1-11-5-6-2-7(9)4-8(10)3-6;/h2-4,11H,5H2,1H3;1H. The third-order valence-corrected chi connectivity index (χ3v) is 2.22. The molecule has 0 saturated heterocycles. The van der Waals surface area contributed by atoms with E-state index in [0.29, 0.717) is 0 Å². The van der Waals surface area contributed by atoms with Gasteiger partial charge >= 0.3 is 0 Å². The third-order valence-electron chi connectivity index (χ3n) is 1.30. The van der Waals surface area contributed by atoms with Crippen LogP contribution in [0.5, 0.6) is 0 Å². The summed E-state index contributed by atoms with van der Waals surface area (Å²) in [7, 11) is 1.94. The number of halogens is 3. The molecule has 0 amide bonds. The predicted molar refractivity (Wildman–Crippen MR) is 61.9 cm³/mol. The van der Waals surface area contributed by atoms with Crippen molar-refractivity contribution < 1.29 is 0 Å². The SMILES string of the molecule is CNCc1cc(Br)cc(Br)c1.Cl. The highest BCUT2D eigenvalue weighted by molar-refractivity contribution is 9.11. The molecule has 1 rings (SSSR count). The summed E-state index contributed by atoms with van der Waals surface area (Å²) in [6.07, 6.45) is 0. The zero-order valence-corrected chi connectivity index (χ0v) is 10.6. The molecule has 0 bridgehead atoms. The van der Waals surface area contributed by atoms with Crippen LogP contribution in [0.1, 0.15) is 5.56 Å². The zero-order valence-electron chi connectivity index (χ0n) is 6.60. The summed E-state index contributed by atoms with van der Waals surface area (Å²) in [6.45, 7) is 0.901. The van der Waals surface area contributed by atoms with Crippen LogP contribution in [0.3, 0.4) is 0 Å². The van der Waals surface area contributed by atoms with E-state index in [9.17, 15) is 0 Å². The number of nitrogens with one attached hydrogen (secondary N) is 1. The number of benzene rings is 1. The predicted octanol–water partition coefficient (Wildman–Crippen LogP) is 3.35. The molecule has 12 heavy (non-hydrogen) atoms. The van der Waals surface area contributed by atoms with Crippen LogP contribution in [-0.4, -0.2) is 7.05 Å². The fourth-order valence-corrected chi connectivity index (χ4v) is 2.31. The highest BCUT2D eigenvalue weighted by Crippen LogP contribution is 2.19. The van der Waals surface area contributed by atoms with Crippen molar-refractivity contribution in [2.24, 2.45) is 0 Å². The van der Waals surface area contributed by atoms with Crippen LogP contribution >= 0.6 is 44.3 Å². The maximum atomic E-state index is 3.43. The number of hydrogen-bond acceptors (Lipinski definition) is 1. The Morgan fingerprint density at radius 3 is 2.08 bits per heavy atom. The molecule has 0 heterocycles. The third kappa shape index (κ3) is 3.90. The lowest BCUT2D eigenvalue weighted by atomic mass is 10.2. The number of hydrogen-bond donors (Lipinski definition) is 1. The summed E-state index contributed by atoms with van der Waals surface area (Å²) in [6, 6.07) is 6.22. The van der Waals surface area contributed by atoms with Crippen molar-refractivity contribution in [2.75, 3.05) is 7.05 Å². The molecule has 0 unspecified atom stereocenters. The van der Waals surface area contributed by atoms with E-state index in [-0.39, 0.29) is 12.4 Å². The molecule has 0 radical (unpaired) electrons. The minimum absolute atomic E-state index is 0. The molecule has 0 aliphatic heterocycles. The van der Waals surface area contributed by atoms with E-state index in [1.807, 2.05) is 13.1 Å². The van der Waals surface area contributed by atoms with Gasteiger partial charge in [-0.05, 0) is 30.8 Å². The first-order chi connectivity index (χ1) is 5.22. The van der Waals surface area contributed by atoms with E-state index in [2.05, 4.69) is 49.3 Å². The van der Waals surface area contributed by atoms with Gasteiger partial charge in [0.2, 0.25) is 0 Å². The van der Waals surface area contributed by atoms with Gasteiger partial charge in [0.25, 0.3) is 0 Å². The molecule has 0 aliphatic rings. The quantitative estimate of drug-likeness (QED) is 0.882. The minimum atomic E-state index is 0. The smallest absolute Gasteiger partial charge is 0.0203 e. The van der Waals surface area contributed by atoms with E-state index < -0.39 is 0 Å². The highest BCUT2D eigenvalue weighted by atomic mass is 79.9. The van der Waals surface area contributed by atoms with Gasteiger partial charge in [-0.2, -0.15) is 0 Å². The van der Waals surface area contributed by atoms with Crippen molar-refractivity contribution in [1.82, 2.24) is 5.32 Å². The normalized spacial score (nSPS) is 9.25. The first-order valence-electron chi connectivity index (χ1n) is 3.32. The lowest BCUT2D eigenvalue weighted by Crippen LogP contribution is -2.04. The van der Waals surface area contributed by atoms with Crippen LogP contribution < -0.4 is 5.32 Å². The maximum absolute atomic E-state index is 3.43. The van der Waals surface area contributed by atoms with Crippen LogP contribution in [0.2, 0.25) is 0 Å². The second-order valence-electron chi connectivity index (χ2n) is 2.31. The maximum Gasteiger partial charge on any atom is 0.0203 e. The Morgan fingerprint density at radius 2 is 1.67 bits per heavy atom. The summed E-state index contributed by atoms with van der Waals surface area (Å²) in [5, 5.41) is 3.10. The Kier molecular flexibility index (Phi) is 6.19. The van der Waals surface area contributed by atoms with Crippen LogP contribution in [0.15, 0.2) is 27.1 Å². The molecule has 0 aliphatic carbocycles. The second-order valence-corrected chi connectivity index (χ2v) is 4.14. The summed E-state index contributed by atoms with van der Waals surface area (Å²) in [5.74, 6) is 0. The average molecular weight is 315 g/mol. The molecule has 1 N–H and O–H groups in total. The van der Waals surface area contributed by atoms with Crippen LogP contribution in [-0.2, 0) is 6.54 Å². The Hall–Kier alpha value is 0.430. The Labute approximate surface area is 95.6 Å². The van der Waals surface area contributed by atoms with Gasteiger partial charge in [0.1, 0.15) is 0 Å². The Balaban J connectivity index is 0.00000121. The Morgan fingerprint density at radius 1 is 1.17 bits per heavy atom. The number of rotatable bonds is 2. The van der Waals surface area contributed by atoms with Gasteiger partial charge < -0.3 is 5.32 Å². The molecule has 0 saturated carbocycles. The van der Waals surface area contributed by atoms with Gasteiger partial charge in [0.15, 0.2) is 0 Å². The monoisotopic (exact) mass is 313 g/mol. The fraction of sp³-hybridized carbons (Fsp3) is 0.250. The van der Waals surface area contributed by atoms with Gasteiger partial charge in [0, 0.05) is 15.5 Å². The topological polar surface area (TPSA) is 12.0 Å². The molecule has 0 fully saturated rings. The van der Waals surface area contributed by atoms with Gasteiger partial charge in [0.05, 0.1) is 0 Å². The van der Waals surface area contributed by atoms with Crippen molar-refractivity contribution in [2.45, 2.75) is 6.54 Å². The van der Waals surface area contributed by atoms with Crippen LogP contribution in [0.25, 0.3) is 0 Å². The van der Waals surface area contributed by atoms with Crippen molar-refractivity contribution in [3.8, 4) is 0 Å². The second kappa shape index (κ2) is 5.97. The summed E-state index contributed by atoms with van der Waals surface area (Å²) < 4.78 is 2.22. The molecular weight excluding hydrogens is 305 g/mol. The van der Waals surface area contributed by atoms with Crippen LogP contribution in [0.4, 0.5) is 0 Å². The summed E-state index contributed by atoms with van der Waals surface area (Å²) in [4.78, 5) is 0. The first-order valence-corrected chi connectivity index (χ1v) is 4.90. The minimum Gasteiger partial charge on any atom is -0.316 e. The molecule has 4 heteroatoms. The zero-order chi connectivity index (χ0) is 8.27. The molecule has 0 aromatic heterocycles. The molecule has 68 valence electrons. The van der Waals surface area contributed by atoms with Crippen molar-refractivity contribution in [3.63, 3.8) is 0 Å². The highest BCUT2D eigenvalue weighted by Gasteiger charge is 1.95. The van der Waals surface area contributed by atoms with E-state index in [1.165, 1.54) is 5.56 Å². The molecule has 1 nitrogen and oxygen atoms in total. The molecule has 1 aromatic carbocycles. The lowest BCUT2D eigenvalue weighted by Gasteiger charge is -2.01. The van der Waals surface area contributed by atoms with Crippen molar-refractivity contribution >= 4 is 44.3 Å². The largest absolute Gasteiger partial charge is 0.316 e. The van der Waals surface area contributed by atoms with Gasteiger partial charge in [-0.15, -0.1) is 12.4 Å². The van der Waals surface area contributed by atoms with Gasteiger partial charge in [-0.1, -0.05) is 31.9 Å². The molecular formula is C8H10Br2ClN. The van der Waals surface area contributed by atoms with Gasteiger partial charge in [-0.25, -0.2) is 0 Å². The van der Waals surface area contributed by atoms with Gasteiger partial charge in [-0.3, -0.25) is 0 Å². The summed E-state index contributed by atoms with van der Waals surface area (Å²) in [5.41, 5.74) is 1.27. The molecule has 0 atom stereocenters. The van der Waals surface area contributed by atoms with Crippen molar-refractivity contribution in [3.05, 3.63) is 32.7 Å². The average Bonchev–Trinajstić information content (AvgIpc) is 1.85. The Bertz CT molecular complexity index is 233. The van der Waals surface area contributed by atoms with Crippen LogP contribution in [0, 0.1) is 0 Å². The summed E-state index contributed by atoms with van der Waals surface area (Å²) >= 11 is 6.85. The first kappa shape index (κ1) is 12.4. The van der Waals surface area contributed by atoms with E-state index in [1.54, 1.807) is 0 Å². The van der Waals surface area contributed by atoms with Crippen molar-refractivity contribution in [1.29, 1.82) is 0 Å². The molecule has 1 aromatic rings. The van der Waals surface area contributed by atoms with E-state index in [4.69, 9.17) is 0 Å². The van der Waals surface area contributed by atoms with E-state index in [0.717, 1.165) is 15.5 Å². The fourth-order valence-electron chi connectivity index (χ4n) is 0.917.